The molecule has 0 unspecified atom stereocenters. The van der Waals surface area contributed by atoms with E-state index in [2.05, 4.69) is 17.2 Å². The van der Waals surface area contributed by atoms with Gasteiger partial charge in [0.15, 0.2) is 0 Å². The minimum Gasteiger partial charge on any atom is -0.384 e. The number of hydrogen-bond donors (Lipinski definition) is 2. The smallest absolute Gasteiger partial charge is 0.251 e. The van der Waals surface area contributed by atoms with Gasteiger partial charge in [-0.05, 0) is 30.7 Å². The average Bonchev–Trinajstić information content (AvgIpc) is 2.32. The molecule has 1 amide bonds. The maximum absolute atomic E-state index is 11.9. The molecule has 0 spiro atoms. The molecule has 17 heavy (non-hydrogen) atoms. The van der Waals surface area contributed by atoms with Crippen LogP contribution < -0.4 is 5.32 Å². The Morgan fingerprint density at radius 3 is 2.88 bits per heavy atom. The predicted molar refractivity (Wildman–Crippen MR) is 63.5 cm³/mol. The van der Waals surface area contributed by atoms with Gasteiger partial charge in [0.2, 0.25) is 0 Å². The maximum Gasteiger partial charge on any atom is 0.251 e. The zero-order valence-corrected chi connectivity index (χ0v) is 9.59. The summed E-state index contributed by atoms with van der Waals surface area (Å²) in [6, 6.07) is 5.13. The van der Waals surface area contributed by atoms with Crippen LogP contribution in [0.2, 0.25) is 0 Å². The van der Waals surface area contributed by atoms with Crippen LogP contribution >= 0.6 is 0 Å². The van der Waals surface area contributed by atoms with Crippen molar-refractivity contribution in [3.63, 3.8) is 0 Å². The van der Waals surface area contributed by atoms with Gasteiger partial charge in [-0.3, -0.25) is 4.79 Å². The van der Waals surface area contributed by atoms with Crippen molar-refractivity contribution < 1.29 is 14.3 Å². The van der Waals surface area contributed by atoms with Gasteiger partial charge in [-0.25, -0.2) is 4.39 Å². The highest BCUT2D eigenvalue weighted by Crippen LogP contribution is 2.08. The van der Waals surface area contributed by atoms with Crippen molar-refractivity contribution in [3.05, 3.63) is 34.9 Å². The third-order valence-electron chi connectivity index (χ3n) is 2.03. The molecule has 0 atom stereocenters. The van der Waals surface area contributed by atoms with Crippen LogP contribution in [0.25, 0.3) is 0 Å². The standard InChI is InChI=1S/C13H14FNO2/c1-10-7-11(3-2-6-16)9-12(8-10)13(17)15-5-4-14/h7-9,16H,4-6H2,1H3,(H,15,17). The minimum absolute atomic E-state index is 0.00439. The van der Waals surface area contributed by atoms with Crippen molar-refractivity contribution in [2.75, 3.05) is 19.8 Å². The monoisotopic (exact) mass is 235 g/mol. The van der Waals surface area contributed by atoms with Crippen LogP contribution in [0.3, 0.4) is 0 Å². The highest BCUT2D eigenvalue weighted by atomic mass is 19.1. The second-order valence-electron chi connectivity index (χ2n) is 3.49. The third-order valence-corrected chi connectivity index (χ3v) is 2.03. The Kier molecular flexibility index (Phi) is 5.18. The number of aliphatic hydroxyl groups is 1. The number of benzene rings is 1. The molecule has 0 aromatic heterocycles. The van der Waals surface area contributed by atoms with E-state index in [1.54, 1.807) is 12.1 Å². The molecular formula is C13H14FNO2. The summed E-state index contributed by atoms with van der Waals surface area (Å²) in [4.78, 5) is 11.6. The average molecular weight is 235 g/mol. The zero-order valence-electron chi connectivity index (χ0n) is 9.59. The van der Waals surface area contributed by atoms with Crippen LogP contribution in [0.15, 0.2) is 18.2 Å². The molecule has 1 aromatic rings. The van der Waals surface area contributed by atoms with Gasteiger partial charge in [0.25, 0.3) is 5.91 Å². The fraction of sp³-hybridized carbons (Fsp3) is 0.308. The molecule has 0 saturated carbocycles. The SMILES string of the molecule is Cc1cc(C#CCO)cc(C(=O)NCCF)c1. The van der Waals surface area contributed by atoms with E-state index in [1.165, 1.54) is 0 Å². The molecule has 90 valence electrons. The number of carbonyl (C=O) groups excluding carboxylic acids is 1. The highest BCUT2D eigenvalue weighted by molar-refractivity contribution is 5.94. The zero-order chi connectivity index (χ0) is 12.7. The van der Waals surface area contributed by atoms with Crippen LogP contribution in [0.5, 0.6) is 0 Å². The number of aliphatic hydroxyl groups excluding tert-OH is 1. The number of carbonyl (C=O) groups is 1. The maximum atomic E-state index is 11.9. The van der Waals surface area contributed by atoms with E-state index < -0.39 is 6.67 Å². The number of halogens is 1. The number of aryl methyl sites for hydroxylation is 1. The summed E-state index contributed by atoms with van der Waals surface area (Å²) >= 11 is 0. The number of alkyl halides is 1. The highest BCUT2D eigenvalue weighted by Gasteiger charge is 2.06. The van der Waals surface area contributed by atoms with E-state index in [4.69, 9.17) is 5.11 Å². The first-order chi connectivity index (χ1) is 8.17. The fourth-order valence-corrected chi connectivity index (χ4v) is 1.39. The number of hydrogen-bond acceptors (Lipinski definition) is 2. The van der Waals surface area contributed by atoms with Crippen LogP contribution in [-0.4, -0.2) is 30.8 Å². The first-order valence-electron chi connectivity index (χ1n) is 5.23. The Bertz CT molecular complexity index is 460. The summed E-state index contributed by atoms with van der Waals surface area (Å²) in [6.07, 6.45) is 0. The van der Waals surface area contributed by atoms with E-state index in [0.29, 0.717) is 11.1 Å². The molecule has 0 saturated heterocycles. The van der Waals surface area contributed by atoms with Crippen LogP contribution in [-0.2, 0) is 0 Å². The van der Waals surface area contributed by atoms with E-state index in [1.807, 2.05) is 13.0 Å². The van der Waals surface area contributed by atoms with Crippen molar-refractivity contribution in [2.45, 2.75) is 6.92 Å². The van der Waals surface area contributed by atoms with Crippen LogP contribution in [0.4, 0.5) is 4.39 Å². The topological polar surface area (TPSA) is 49.3 Å². The van der Waals surface area contributed by atoms with Crippen LogP contribution in [0.1, 0.15) is 21.5 Å². The van der Waals surface area contributed by atoms with Gasteiger partial charge >= 0.3 is 0 Å². The number of amides is 1. The molecule has 0 aliphatic rings. The Labute approximate surface area is 99.7 Å². The predicted octanol–water partition coefficient (Wildman–Crippen LogP) is 1.04. The number of rotatable bonds is 3. The molecule has 0 radical (unpaired) electrons. The second-order valence-corrected chi connectivity index (χ2v) is 3.49. The summed E-state index contributed by atoms with van der Waals surface area (Å²) in [5.41, 5.74) is 1.99. The van der Waals surface area contributed by atoms with Gasteiger partial charge in [0.1, 0.15) is 13.3 Å². The minimum atomic E-state index is -0.589. The van der Waals surface area contributed by atoms with Gasteiger partial charge in [0, 0.05) is 17.7 Å². The Hall–Kier alpha value is -1.86. The lowest BCUT2D eigenvalue weighted by atomic mass is 10.1. The summed E-state index contributed by atoms with van der Waals surface area (Å²) in [5.74, 6) is 4.93. The van der Waals surface area contributed by atoms with Crippen molar-refractivity contribution >= 4 is 5.91 Å². The summed E-state index contributed by atoms with van der Waals surface area (Å²) in [5, 5.41) is 11.0. The Morgan fingerprint density at radius 2 is 2.24 bits per heavy atom. The van der Waals surface area contributed by atoms with Gasteiger partial charge in [-0.1, -0.05) is 11.8 Å². The molecule has 0 aliphatic heterocycles. The molecule has 0 aliphatic carbocycles. The van der Waals surface area contributed by atoms with Crippen LogP contribution in [0, 0.1) is 18.8 Å². The number of nitrogens with one attached hydrogen (secondary N) is 1. The Morgan fingerprint density at radius 1 is 1.47 bits per heavy atom. The van der Waals surface area contributed by atoms with Gasteiger partial charge in [-0.2, -0.15) is 0 Å². The first kappa shape index (κ1) is 13.2. The lowest BCUT2D eigenvalue weighted by molar-refractivity contribution is 0.0950. The molecule has 0 bridgehead atoms. The van der Waals surface area contributed by atoms with Crippen molar-refractivity contribution in [2.24, 2.45) is 0 Å². The molecule has 4 heteroatoms. The largest absolute Gasteiger partial charge is 0.384 e. The van der Waals surface area contributed by atoms with Crippen molar-refractivity contribution in [1.29, 1.82) is 0 Å². The van der Waals surface area contributed by atoms with Gasteiger partial charge < -0.3 is 10.4 Å². The van der Waals surface area contributed by atoms with Gasteiger partial charge in [-0.15, -0.1) is 0 Å². The van der Waals surface area contributed by atoms with E-state index in [0.717, 1.165) is 5.56 Å². The molecular weight excluding hydrogens is 221 g/mol. The molecule has 1 rings (SSSR count). The molecule has 0 fully saturated rings. The summed E-state index contributed by atoms with van der Waals surface area (Å²) in [6.45, 7) is 1.03. The second kappa shape index (κ2) is 6.66. The lowest BCUT2D eigenvalue weighted by Gasteiger charge is -2.04. The van der Waals surface area contributed by atoms with E-state index in [9.17, 15) is 9.18 Å². The lowest BCUT2D eigenvalue weighted by Crippen LogP contribution is -2.25. The van der Waals surface area contributed by atoms with E-state index in [-0.39, 0.29) is 19.1 Å². The molecule has 0 heterocycles. The first-order valence-corrected chi connectivity index (χ1v) is 5.23. The summed E-state index contributed by atoms with van der Waals surface area (Å²) < 4.78 is 11.9. The fourth-order valence-electron chi connectivity index (χ4n) is 1.39. The van der Waals surface area contributed by atoms with Gasteiger partial charge in [0.05, 0.1) is 0 Å². The normalized spacial score (nSPS) is 9.35. The van der Waals surface area contributed by atoms with Crippen molar-refractivity contribution in [1.82, 2.24) is 5.32 Å². The quantitative estimate of drug-likeness (QED) is 0.769. The van der Waals surface area contributed by atoms with E-state index >= 15 is 0 Å². The molecule has 3 nitrogen and oxygen atoms in total. The molecule has 1 aromatic carbocycles. The molecule has 2 N–H and O–H groups in total. The third kappa shape index (κ3) is 4.25. The Balaban J connectivity index is 2.92. The van der Waals surface area contributed by atoms with Crippen molar-refractivity contribution in [3.8, 4) is 11.8 Å². The summed E-state index contributed by atoms with van der Waals surface area (Å²) in [7, 11) is 0.